The van der Waals surface area contributed by atoms with Crippen molar-refractivity contribution in [2.24, 2.45) is 5.41 Å². The van der Waals surface area contributed by atoms with E-state index in [-0.39, 0.29) is 35.2 Å². The van der Waals surface area contributed by atoms with Gasteiger partial charge in [0.25, 0.3) is 5.91 Å². The highest BCUT2D eigenvalue weighted by molar-refractivity contribution is 6.05. The Bertz CT molecular complexity index is 789. The number of urea groups is 1. The zero-order chi connectivity index (χ0) is 18.1. The van der Waals surface area contributed by atoms with Gasteiger partial charge in [-0.25, -0.2) is 4.79 Å². The average Bonchev–Trinajstić information content (AvgIpc) is 3.58. The number of nitrogens with zero attached hydrogens (tertiary/aromatic N) is 3. The van der Waals surface area contributed by atoms with E-state index < -0.39 is 6.04 Å². The summed E-state index contributed by atoms with van der Waals surface area (Å²) in [5, 5.41) is 0. The van der Waals surface area contributed by atoms with Crippen molar-refractivity contribution in [2.45, 2.75) is 44.2 Å². The van der Waals surface area contributed by atoms with Crippen LogP contribution < -0.4 is 0 Å². The van der Waals surface area contributed by atoms with E-state index in [4.69, 9.17) is 0 Å². The molecule has 6 nitrogen and oxygen atoms in total. The number of carbonyl (C=O) groups excluding carboxylic acids is 3. The molecule has 5 rings (SSSR count). The predicted octanol–water partition coefficient (Wildman–Crippen LogP) is 1.82. The van der Waals surface area contributed by atoms with E-state index >= 15 is 0 Å². The maximum absolute atomic E-state index is 13.0. The molecule has 4 amide bonds. The van der Waals surface area contributed by atoms with Crippen LogP contribution in [0.15, 0.2) is 30.3 Å². The Balaban J connectivity index is 1.32. The quantitative estimate of drug-likeness (QED) is 0.779. The molecule has 0 spiro atoms. The number of fused-ring (bicyclic) bond motifs is 1. The molecule has 1 aromatic rings. The summed E-state index contributed by atoms with van der Waals surface area (Å²) in [5.74, 6) is 0.259. The molecule has 3 atom stereocenters. The first-order valence-corrected chi connectivity index (χ1v) is 9.48. The highest BCUT2D eigenvalue weighted by atomic mass is 16.2. The molecule has 4 aliphatic rings. The summed E-state index contributed by atoms with van der Waals surface area (Å²) in [6, 6.07) is 9.35. The molecule has 26 heavy (non-hydrogen) atoms. The van der Waals surface area contributed by atoms with Crippen LogP contribution in [0, 0.1) is 5.41 Å². The Kier molecular flexibility index (Phi) is 3.24. The van der Waals surface area contributed by atoms with Gasteiger partial charge in [0.1, 0.15) is 6.04 Å². The molecule has 0 radical (unpaired) electrons. The second-order valence-electron chi connectivity index (χ2n) is 8.33. The first kappa shape index (κ1) is 15.9. The van der Waals surface area contributed by atoms with Gasteiger partial charge in [0.2, 0.25) is 5.91 Å². The van der Waals surface area contributed by atoms with Gasteiger partial charge in [-0.15, -0.1) is 0 Å². The van der Waals surface area contributed by atoms with Crippen LogP contribution in [0.5, 0.6) is 0 Å². The fourth-order valence-corrected chi connectivity index (χ4v) is 4.41. The summed E-state index contributed by atoms with van der Waals surface area (Å²) < 4.78 is 0. The topological polar surface area (TPSA) is 60.9 Å². The predicted molar refractivity (Wildman–Crippen MR) is 94.2 cm³/mol. The second kappa shape index (κ2) is 5.32. The lowest BCUT2D eigenvalue weighted by Gasteiger charge is -2.36. The SMILES string of the molecule is CC1(C(=O)N2CCN3C(=O)N([C@H]4C[C@@H]4c4ccccc4)C(=O)[C@@H]3C2)CC1. The molecule has 0 unspecified atom stereocenters. The lowest BCUT2D eigenvalue weighted by molar-refractivity contribution is -0.140. The fraction of sp³-hybridized carbons (Fsp3) is 0.550. The van der Waals surface area contributed by atoms with E-state index in [1.807, 2.05) is 25.1 Å². The number of hydrogen-bond donors (Lipinski definition) is 0. The van der Waals surface area contributed by atoms with E-state index in [0.29, 0.717) is 19.6 Å². The maximum Gasteiger partial charge on any atom is 0.327 e. The molecule has 2 aliphatic heterocycles. The number of benzene rings is 1. The van der Waals surface area contributed by atoms with Gasteiger partial charge in [-0.1, -0.05) is 37.3 Å². The summed E-state index contributed by atoms with van der Waals surface area (Å²) in [7, 11) is 0. The van der Waals surface area contributed by atoms with Gasteiger partial charge in [-0.2, -0.15) is 0 Å². The molecule has 0 aromatic heterocycles. The van der Waals surface area contributed by atoms with Gasteiger partial charge in [0.05, 0.1) is 6.54 Å². The minimum absolute atomic E-state index is 0.0342. The standard InChI is InChI=1S/C20H23N3O3/c1-20(7-8-20)18(25)21-9-10-22-16(12-21)17(24)23(19(22)26)15-11-14(15)13-5-3-2-4-6-13/h2-6,14-16H,7-12H2,1H3/t14-,15+,16+/m1/s1. The lowest BCUT2D eigenvalue weighted by atomic mass is 10.1. The fourth-order valence-electron chi connectivity index (χ4n) is 4.41. The minimum atomic E-state index is -0.500. The molecule has 2 saturated heterocycles. The van der Waals surface area contributed by atoms with Crippen molar-refractivity contribution in [3.05, 3.63) is 35.9 Å². The summed E-state index contributed by atoms with van der Waals surface area (Å²) in [6.45, 7) is 3.32. The number of amides is 4. The van der Waals surface area contributed by atoms with E-state index in [0.717, 1.165) is 19.3 Å². The van der Waals surface area contributed by atoms with Crippen LogP contribution in [0.4, 0.5) is 4.79 Å². The number of imide groups is 1. The zero-order valence-corrected chi connectivity index (χ0v) is 14.9. The molecule has 2 aliphatic carbocycles. The Morgan fingerprint density at radius 1 is 1.12 bits per heavy atom. The van der Waals surface area contributed by atoms with E-state index in [2.05, 4.69) is 12.1 Å². The largest absolute Gasteiger partial charge is 0.338 e. The lowest BCUT2D eigenvalue weighted by Crippen LogP contribution is -2.55. The van der Waals surface area contributed by atoms with Crippen molar-refractivity contribution in [1.29, 1.82) is 0 Å². The van der Waals surface area contributed by atoms with Gasteiger partial charge >= 0.3 is 6.03 Å². The van der Waals surface area contributed by atoms with Crippen LogP contribution in [0.25, 0.3) is 0 Å². The van der Waals surface area contributed by atoms with Gasteiger partial charge in [0, 0.05) is 30.5 Å². The van der Waals surface area contributed by atoms with Crippen LogP contribution in [0.1, 0.15) is 37.7 Å². The van der Waals surface area contributed by atoms with Gasteiger partial charge in [-0.3, -0.25) is 14.5 Å². The molecule has 4 fully saturated rings. The highest BCUT2D eigenvalue weighted by Crippen LogP contribution is 2.48. The van der Waals surface area contributed by atoms with Crippen LogP contribution in [-0.2, 0) is 9.59 Å². The molecule has 136 valence electrons. The number of carbonyl (C=O) groups is 3. The summed E-state index contributed by atoms with van der Waals surface area (Å²) in [4.78, 5) is 43.3. The van der Waals surface area contributed by atoms with Crippen molar-refractivity contribution in [2.75, 3.05) is 19.6 Å². The van der Waals surface area contributed by atoms with Crippen LogP contribution >= 0.6 is 0 Å². The van der Waals surface area contributed by atoms with Crippen LogP contribution in [0.3, 0.4) is 0 Å². The zero-order valence-electron chi connectivity index (χ0n) is 14.9. The maximum atomic E-state index is 13.0. The Morgan fingerprint density at radius 2 is 1.85 bits per heavy atom. The Labute approximate surface area is 152 Å². The molecular formula is C20H23N3O3. The molecule has 6 heteroatoms. The molecule has 0 bridgehead atoms. The van der Waals surface area contributed by atoms with Crippen molar-refractivity contribution in [3.8, 4) is 0 Å². The first-order chi connectivity index (χ1) is 12.5. The van der Waals surface area contributed by atoms with E-state index in [1.165, 1.54) is 10.5 Å². The third kappa shape index (κ3) is 2.27. The highest BCUT2D eigenvalue weighted by Gasteiger charge is 2.57. The van der Waals surface area contributed by atoms with Crippen molar-refractivity contribution in [1.82, 2.24) is 14.7 Å². The van der Waals surface area contributed by atoms with Gasteiger partial charge in [-0.05, 0) is 24.8 Å². The molecule has 2 saturated carbocycles. The molecule has 0 N–H and O–H groups in total. The summed E-state index contributed by atoms with van der Waals surface area (Å²) >= 11 is 0. The Hall–Kier alpha value is -2.37. The minimum Gasteiger partial charge on any atom is -0.338 e. The van der Waals surface area contributed by atoms with Crippen LogP contribution in [0.2, 0.25) is 0 Å². The van der Waals surface area contributed by atoms with Gasteiger partial charge < -0.3 is 9.80 Å². The molecule has 2 heterocycles. The van der Waals surface area contributed by atoms with Crippen molar-refractivity contribution < 1.29 is 14.4 Å². The Morgan fingerprint density at radius 3 is 2.54 bits per heavy atom. The van der Waals surface area contributed by atoms with Crippen LogP contribution in [-0.4, -0.2) is 64.3 Å². The van der Waals surface area contributed by atoms with Crippen molar-refractivity contribution >= 4 is 17.8 Å². The first-order valence-electron chi connectivity index (χ1n) is 9.48. The number of rotatable bonds is 3. The third-order valence-electron chi connectivity index (χ3n) is 6.47. The monoisotopic (exact) mass is 353 g/mol. The van der Waals surface area contributed by atoms with E-state index in [1.54, 1.807) is 9.80 Å². The number of hydrogen-bond acceptors (Lipinski definition) is 3. The normalized spacial score (nSPS) is 31.9. The van der Waals surface area contributed by atoms with Crippen molar-refractivity contribution in [3.63, 3.8) is 0 Å². The molecule has 1 aromatic carbocycles. The van der Waals surface area contributed by atoms with Gasteiger partial charge in [0.15, 0.2) is 0 Å². The summed E-state index contributed by atoms with van der Waals surface area (Å²) in [5.41, 5.74) is 0.948. The summed E-state index contributed by atoms with van der Waals surface area (Å²) in [6.07, 6.45) is 2.69. The average molecular weight is 353 g/mol. The van der Waals surface area contributed by atoms with E-state index in [9.17, 15) is 14.4 Å². The smallest absolute Gasteiger partial charge is 0.327 e. The molecular weight excluding hydrogens is 330 g/mol. The third-order valence-corrected chi connectivity index (χ3v) is 6.47. The second-order valence-corrected chi connectivity index (χ2v) is 8.33. The number of piperazine rings is 1.